The van der Waals surface area contributed by atoms with Crippen LogP contribution >= 0.6 is 0 Å². The topological polar surface area (TPSA) is 81.9 Å². The van der Waals surface area contributed by atoms with Crippen LogP contribution in [0.1, 0.15) is 35.6 Å². The van der Waals surface area contributed by atoms with Crippen LogP contribution in [0, 0.1) is 6.92 Å². The molecule has 0 saturated heterocycles. The highest BCUT2D eigenvalue weighted by atomic mass is 16.5. The summed E-state index contributed by atoms with van der Waals surface area (Å²) in [7, 11) is 1.86. The standard InChI is InChI=1S/C14H19N5O2/c1-5-11-12(8-19(4)18-11)17-14-15-7-10(9(3)16-14)13(20)21-6-2/h7-8H,5-6H2,1-4H3,(H,15,16,17). The summed E-state index contributed by atoms with van der Waals surface area (Å²) in [6, 6.07) is 0. The van der Waals surface area contributed by atoms with Crippen molar-refractivity contribution in [3.8, 4) is 0 Å². The molecule has 0 aliphatic carbocycles. The first-order valence-electron chi connectivity index (χ1n) is 6.85. The Morgan fingerprint density at radius 3 is 2.81 bits per heavy atom. The molecule has 0 saturated carbocycles. The maximum Gasteiger partial charge on any atom is 0.341 e. The Hall–Kier alpha value is -2.44. The molecular formula is C14H19N5O2. The lowest BCUT2D eigenvalue weighted by Crippen LogP contribution is -2.10. The van der Waals surface area contributed by atoms with Crippen LogP contribution < -0.4 is 5.32 Å². The minimum atomic E-state index is -0.405. The van der Waals surface area contributed by atoms with E-state index in [0.717, 1.165) is 17.8 Å². The Morgan fingerprint density at radius 1 is 1.43 bits per heavy atom. The molecule has 0 atom stereocenters. The molecule has 21 heavy (non-hydrogen) atoms. The second-order valence-corrected chi connectivity index (χ2v) is 4.55. The zero-order valence-corrected chi connectivity index (χ0v) is 12.7. The number of carbonyl (C=O) groups excluding carboxylic acids is 1. The number of esters is 1. The minimum absolute atomic E-state index is 0.327. The normalized spacial score (nSPS) is 10.5. The van der Waals surface area contributed by atoms with Crippen LogP contribution in [-0.4, -0.2) is 32.3 Å². The Morgan fingerprint density at radius 2 is 2.19 bits per heavy atom. The summed E-state index contributed by atoms with van der Waals surface area (Å²) in [5.74, 6) is 0.0282. The Balaban J connectivity index is 2.22. The number of aryl methyl sites for hydroxylation is 3. The molecule has 0 unspecified atom stereocenters. The molecule has 112 valence electrons. The van der Waals surface area contributed by atoms with Gasteiger partial charge in [-0.3, -0.25) is 4.68 Å². The molecule has 1 N–H and O–H groups in total. The molecule has 0 radical (unpaired) electrons. The van der Waals surface area contributed by atoms with Crippen molar-refractivity contribution in [1.29, 1.82) is 0 Å². The zero-order chi connectivity index (χ0) is 15.4. The van der Waals surface area contributed by atoms with E-state index >= 15 is 0 Å². The number of anilines is 2. The highest BCUT2D eigenvalue weighted by Crippen LogP contribution is 2.18. The largest absolute Gasteiger partial charge is 0.462 e. The third kappa shape index (κ3) is 3.36. The average Bonchev–Trinajstić information content (AvgIpc) is 2.79. The summed E-state index contributed by atoms with van der Waals surface area (Å²) in [5.41, 5.74) is 2.76. The van der Waals surface area contributed by atoms with Gasteiger partial charge in [0.25, 0.3) is 0 Å². The second kappa shape index (κ2) is 6.34. The molecule has 0 aliphatic heterocycles. The van der Waals surface area contributed by atoms with Gasteiger partial charge in [-0.2, -0.15) is 5.10 Å². The number of rotatable bonds is 5. The van der Waals surface area contributed by atoms with Crippen molar-refractivity contribution in [2.45, 2.75) is 27.2 Å². The van der Waals surface area contributed by atoms with E-state index in [1.807, 2.05) is 20.2 Å². The van der Waals surface area contributed by atoms with Gasteiger partial charge in [0, 0.05) is 19.4 Å². The first-order valence-corrected chi connectivity index (χ1v) is 6.85. The smallest absolute Gasteiger partial charge is 0.341 e. The fourth-order valence-corrected chi connectivity index (χ4v) is 1.96. The minimum Gasteiger partial charge on any atom is -0.462 e. The van der Waals surface area contributed by atoms with Crippen LogP contribution in [0.15, 0.2) is 12.4 Å². The molecule has 2 rings (SSSR count). The number of nitrogens with zero attached hydrogens (tertiary/aromatic N) is 4. The van der Waals surface area contributed by atoms with Gasteiger partial charge in [0.15, 0.2) is 0 Å². The number of carbonyl (C=O) groups is 1. The third-order valence-corrected chi connectivity index (χ3v) is 2.96. The summed E-state index contributed by atoms with van der Waals surface area (Å²) >= 11 is 0. The predicted molar refractivity (Wildman–Crippen MR) is 78.6 cm³/mol. The van der Waals surface area contributed by atoms with Crippen LogP contribution in [-0.2, 0) is 18.2 Å². The molecule has 0 bridgehead atoms. The van der Waals surface area contributed by atoms with E-state index < -0.39 is 5.97 Å². The molecule has 0 fully saturated rings. The Kier molecular flexibility index (Phi) is 4.52. The van der Waals surface area contributed by atoms with Crippen molar-refractivity contribution in [3.05, 3.63) is 29.3 Å². The fraction of sp³-hybridized carbons (Fsp3) is 0.429. The van der Waals surface area contributed by atoms with Gasteiger partial charge < -0.3 is 10.1 Å². The summed E-state index contributed by atoms with van der Waals surface area (Å²) in [6.45, 7) is 5.87. The first kappa shape index (κ1) is 15.0. The number of hydrogen-bond donors (Lipinski definition) is 1. The fourth-order valence-electron chi connectivity index (χ4n) is 1.96. The summed E-state index contributed by atoms with van der Waals surface area (Å²) in [5, 5.41) is 7.47. The van der Waals surface area contributed by atoms with E-state index in [1.165, 1.54) is 6.20 Å². The van der Waals surface area contributed by atoms with E-state index in [0.29, 0.717) is 23.8 Å². The molecule has 0 spiro atoms. The monoisotopic (exact) mass is 289 g/mol. The maximum absolute atomic E-state index is 11.7. The van der Waals surface area contributed by atoms with Crippen molar-refractivity contribution in [1.82, 2.24) is 19.7 Å². The average molecular weight is 289 g/mol. The number of nitrogens with one attached hydrogen (secondary N) is 1. The Labute approximate surface area is 123 Å². The van der Waals surface area contributed by atoms with E-state index in [1.54, 1.807) is 18.5 Å². The molecule has 2 aromatic rings. The van der Waals surface area contributed by atoms with Crippen LogP contribution in [0.5, 0.6) is 0 Å². The van der Waals surface area contributed by atoms with Crippen molar-refractivity contribution in [3.63, 3.8) is 0 Å². The molecular weight excluding hydrogens is 270 g/mol. The molecule has 0 aliphatic rings. The van der Waals surface area contributed by atoms with Crippen LogP contribution in [0.2, 0.25) is 0 Å². The highest BCUT2D eigenvalue weighted by molar-refractivity contribution is 5.90. The van der Waals surface area contributed by atoms with Crippen molar-refractivity contribution < 1.29 is 9.53 Å². The summed E-state index contributed by atoms with van der Waals surface area (Å²) < 4.78 is 6.69. The van der Waals surface area contributed by atoms with Gasteiger partial charge in [-0.25, -0.2) is 14.8 Å². The highest BCUT2D eigenvalue weighted by Gasteiger charge is 2.14. The SMILES string of the molecule is CCOC(=O)c1cnc(Nc2cn(C)nc2CC)nc1C. The van der Waals surface area contributed by atoms with Gasteiger partial charge in [-0.1, -0.05) is 6.92 Å². The van der Waals surface area contributed by atoms with Gasteiger partial charge in [0.05, 0.1) is 29.2 Å². The van der Waals surface area contributed by atoms with E-state index in [9.17, 15) is 4.79 Å². The summed E-state index contributed by atoms with van der Waals surface area (Å²) in [4.78, 5) is 20.2. The number of ether oxygens (including phenoxy) is 1. The van der Waals surface area contributed by atoms with Gasteiger partial charge in [0.1, 0.15) is 0 Å². The van der Waals surface area contributed by atoms with Crippen molar-refractivity contribution in [2.75, 3.05) is 11.9 Å². The van der Waals surface area contributed by atoms with Gasteiger partial charge in [-0.15, -0.1) is 0 Å². The molecule has 2 heterocycles. The lowest BCUT2D eigenvalue weighted by Gasteiger charge is -2.07. The quantitative estimate of drug-likeness (QED) is 0.848. The van der Waals surface area contributed by atoms with Crippen molar-refractivity contribution in [2.24, 2.45) is 7.05 Å². The second-order valence-electron chi connectivity index (χ2n) is 4.55. The zero-order valence-electron chi connectivity index (χ0n) is 12.7. The molecule has 7 nitrogen and oxygen atoms in total. The molecule has 0 aromatic carbocycles. The van der Waals surface area contributed by atoms with Crippen LogP contribution in [0.25, 0.3) is 0 Å². The van der Waals surface area contributed by atoms with Crippen LogP contribution in [0.4, 0.5) is 11.6 Å². The van der Waals surface area contributed by atoms with E-state index in [-0.39, 0.29) is 0 Å². The summed E-state index contributed by atoms with van der Waals surface area (Å²) in [6.07, 6.45) is 4.16. The lowest BCUT2D eigenvalue weighted by molar-refractivity contribution is 0.0524. The lowest BCUT2D eigenvalue weighted by atomic mass is 10.2. The van der Waals surface area contributed by atoms with E-state index in [2.05, 4.69) is 20.4 Å². The molecule has 7 heteroatoms. The molecule has 0 amide bonds. The van der Waals surface area contributed by atoms with Gasteiger partial charge in [0.2, 0.25) is 5.95 Å². The predicted octanol–water partition coefficient (Wildman–Crippen LogP) is 2.00. The Bertz CT molecular complexity index is 651. The number of aromatic nitrogens is 4. The third-order valence-electron chi connectivity index (χ3n) is 2.96. The van der Waals surface area contributed by atoms with Gasteiger partial charge >= 0.3 is 5.97 Å². The van der Waals surface area contributed by atoms with E-state index in [4.69, 9.17) is 4.74 Å². The number of hydrogen-bond acceptors (Lipinski definition) is 6. The molecule has 2 aromatic heterocycles. The van der Waals surface area contributed by atoms with Crippen LogP contribution in [0.3, 0.4) is 0 Å². The maximum atomic E-state index is 11.7. The van der Waals surface area contributed by atoms with Crippen molar-refractivity contribution >= 4 is 17.6 Å². The first-order chi connectivity index (χ1) is 10.0. The van der Waals surface area contributed by atoms with Gasteiger partial charge in [-0.05, 0) is 20.3 Å².